The molecule has 3 atom stereocenters. The Balaban J connectivity index is 1.76. The van der Waals surface area contributed by atoms with Crippen LogP contribution in [0.1, 0.15) is 32.1 Å². The Morgan fingerprint density at radius 2 is 2.22 bits per heavy atom. The van der Waals surface area contributed by atoms with Crippen LogP contribution in [0.2, 0.25) is 0 Å². The van der Waals surface area contributed by atoms with Gasteiger partial charge in [0.05, 0.1) is 30.8 Å². The Kier molecular flexibility index (Phi) is 4.59. The molecule has 2 heterocycles. The average Bonchev–Trinajstić information content (AvgIpc) is 2.94. The molecule has 2 aliphatic heterocycles. The van der Waals surface area contributed by atoms with Gasteiger partial charge in [-0.1, -0.05) is 0 Å². The molecule has 3 unspecified atom stereocenters. The minimum Gasteiger partial charge on any atom is -0.481 e. The standard InChI is InChI=1S/C13H22O5/c1-16-7-8-17-6-2-5-13(12(14)15)9-10-3-4-11(13)18-10/h10-11H,2-9H2,1H3,(H,14,15). The molecule has 1 N–H and O–H groups in total. The van der Waals surface area contributed by atoms with Gasteiger partial charge in [0, 0.05) is 13.7 Å². The molecule has 0 radical (unpaired) electrons. The Morgan fingerprint density at radius 1 is 1.39 bits per heavy atom. The van der Waals surface area contributed by atoms with Gasteiger partial charge in [0.15, 0.2) is 0 Å². The number of hydrogen-bond acceptors (Lipinski definition) is 4. The highest BCUT2D eigenvalue weighted by Crippen LogP contribution is 2.50. The predicted molar refractivity (Wildman–Crippen MR) is 64.5 cm³/mol. The number of aliphatic carboxylic acids is 1. The quantitative estimate of drug-likeness (QED) is 0.668. The van der Waals surface area contributed by atoms with Gasteiger partial charge in [0.2, 0.25) is 0 Å². The van der Waals surface area contributed by atoms with Gasteiger partial charge in [-0.05, 0) is 32.1 Å². The number of methoxy groups -OCH3 is 1. The maximum absolute atomic E-state index is 11.5. The van der Waals surface area contributed by atoms with Crippen LogP contribution in [-0.4, -0.2) is 50.2 Å². The zero-order valence-electron chi connectivity index (χ0n) is 10.9. The first-order chi connectivity index (χ1) is 8.69. The molecule has 0 aliphatic carbocycles. The van der Waals surface area contributed by atoms with E-state index in [-0.39, 0.29) is 12.2 Å². The third-order valence-corrected chi connectivity index (χ3v) is 4.09. The van der Waals surface area contributed by atoms with Crippen LogP contribution in [0.4, 0.5) is 0 Å². The zero-order chi connectivity index (χ0) is 13.0. The van der Waals surface area contributed by atoms with Crippen molar-refractivity contribution in [2.24, 2.45) is 5.41 Å². The van der Waals surface area contributed by atoms with Crippen molar-refractivity contribution in [3.63, 3.8) is 0 Å². The number of carbonyl (C=O) groups is 1. The molecular formula is C13H22O5. The van der Waals surface area contributed by atoms with Crippen molar-refractivity contribution in [3.05, 3.63) is 0 Å². The van der Waals surface area contributed by atoms with E-state index in [2.05, 4.69) is 0 Å². The summed E-state index contributed by atoms with van der Waals surface area (Å²) in [6.45, 7) is 1.74. The van der Waals surface area contributed by atoms with Crippen LogP contribution in [-0.2, 0) is 19.0 Å². The van der Waals surface area contributed by atoms with E-state index in [1.54, 1.807) is 7.11 Å². The lowest BCUT2D eigenvalue weighted by molar-refractivity contribution is -0.153. The first-order valence-electron chi connectivity index (χ1n) is 6.64. The summed E-state index contributed by atoms with van der Waals surface area (Å²) in [4.78, 5) is 11.5. The Bertz CT molecular complexity index is 293. The Hall–Kier alpha value is -0.650. The second-order valence-corrected chi connectivity index (χ2v) is 5.20. The number of hydrogen-bond donors (Lipinski definition) is 1. The predicted octanol–water partition coefficient (Wildman–Crippen LogP) is 1.45. The van der Waals surface area contributed by atoms with E-state index in [1.165, 1.54) is 0 Å². The van der Waals surface area contributed by atoms with Crippen LogP contribution in [0.25, 0.3) is 0 Å². The molecule has 2 rings (SSSR count). The van der Waals surface area contributed by atoms with Gasteiger partial charge in [0.1, 0.15) is 0 Å². The second-order valence-electron chi connectivity index (χ2n) is 5.20. The second kappa shape index (κ2) is 5.99. The molecule has 0 aromatic carbocycles. The normalized spacial score (nSPS) is 34.1. The smallest absolute Gasteiger partial charge is 0.312 e. The largest absolute Gasteiger partial charge is 0.481 e. The molecule has 5 nitrogen and oxygen atoms in total. The van der Waals surface area contributed by atoms with Crippen molar-refractivity contribution in [1.29, 1.82) is 0 Å². The summed E-state index contributed by atoms with van der Waals surface area (Å²) in [5, 5.41) is 9.49. The number of carboxylic acids is 1. The molecule has 0 aromatic heterocycles. The highest BCUT2D eigenvalue weighted by Gasteiger charge is 2.56. The molecular weight excluding hydrogens is 236 g/mol. The van der Waals surface area contributed by atoms with Gasteiger partial charge in [0.25, 0.3) is 0 Å². The first-order valence-corrected chi connectivity index (χ1v) is 6.64. The van der Waals surface area contributed by atoms with Crippen LogP contribution in [0, 0.1) is 5.41 Å². The summed E-state index contributed by atoms with van der Waals surface area (Å²) in [7, 11) is 1.63. The van der Waals surface area contributed by atoms with E-state index in [4.69, 9.17) is 14.2 Å². The van der Waals surface area contributed by atoms with E-state index < -0.39 is 11.4 Å². The maximum atomic E-state index is 11.5. The highest BCUT2D eigenvalue weighted by atomic mass is 16.5. The van der Waals surface area contributed by atoms with Crippen LogP contribution >= 0.6 is 0 Å². The van der Waals surface area contributed by atoms with Crippen LogP contribution in [0.3, 0.4) is 0 Å². The molecule has 2 bridgehead atoms. The molecule has 0 amide bonds. The molecule has 0 saturated carbocycles. The van der Waals surface area contributed by atoms with E-state index >= 15 is 0 Å². The lowest BCUT2D eigenvalue weighted by Crippen LogP contribution is -2.40. The lowest BCUT2D eigenvalue weighted by atomic mass is 9.71. The SMILES string of the molecule is COCCOCCCC1(C(=O)O)CC2CCC1O2. The molecule has 0 spiro atoms. The molecule has 5 heteroatoms. The Labute approximate surface area is 107 Å². The first kappa shape index (κ1) is 13.8. The van der Waals surface area contributed by atoms with Crippen LogP contribution in [0.5, 0.6) is 0 Å². The van der Waals surface area contributed by atoms with E-state index in [0.29, 0.717) is 32.7 Å². The van der Waals surface area contributed by atoms with Gasteiger partial charge in [-0.2, -0.15) is 0 Å². The number of rotatable bonds is 8. The van der Waals surface area contributed by atoms with Crippen molar-refractivity contribution in [3.8, 4) is 0 Å². The molecule has 0 aromatic rings. The summed E-state index contributed by atoms with van der Waals surface area (Å²) in [6, 6.07) is 0. The van der Waals surface area contributed by atoms with Gasteiger partial charge >= 0.3 is 5.97 Å². The fraction of sp³-hybridized carbons (Fsp3) is 0.923. The van der Waals surface area contributed by atoms with Gasteiger partial charge in [-0.25, -0.2) is 0 Å². The fourth-order valence-electron chi connectivity index (χ4n) is 3.13. The zero-order valence-corrected chi connectivity index (χ0v) is 10.9. The van der Waals surface area contributed by atoms with Crippen molar-refractivity contribution < 1.29 is 24.1 Å². The molecule has 18 heavy (non-hydrogen) atoms. The summed E-state index contributed by atoms with van der Waals surface area (Å²) < 4.78 is 16.0. The van der Waals surface area contributed by atoms with Gasteiger partial charge < -0.3 is 19.3 Å². The van der Waals surface area contributed by atoms with E-state index in [0.717, 1.165) is 19.3 Å². The average molecular weight is 258 g/mol. The highest BCUT2D eigenvalue weighted by molar-refractivity contribution is 5.76. The van der Waals surface area contributed by atoms with Gasteiger partial charge in [-0.15, -0.1) is 0 Å². The van der Waals surface area contributed by atoms with Crippen molar-refractivity contribution >= 4 is 5.97 Å². The van der Waals surface area contributed by atoms with Crippen LogP contribution < -0.4 is 0 Å². The third-order valence-electron chi connectivity index (χ3n) is 4.09. The summed E-state index contributed by atoms with van der Waals surface area (Å²) in [5.41, 5.74) is -0.659. The Morgan fingerprint density at radius 3 is 2.78 bits per heavy atom. The maximum Gasteiger partial charge on any atom is 0.312 e. The number of carboxylic acid groups (broad SMARTS) is 1. The minimum atomic E-state index is -0.702. The van der Waals surface area contributed by atoms with E-state index in [9.17, 15) is 9.90 Å². The monoisotopic (exact) mass is 258 g/mol. The van der Waals surface area contributed by atoms with Crippen molar-refractivity contribution in [2.75, 3.05) is 26.9 Å². The van der Waals surface area contributed by atoms with Gasteiger partial charge in [-0.3, -0.25) is 4.79 Å². The van der Waals surface area contributed by atoms with Crippen LogP contribution in [0.15, 0.2) is 0 Å². The van der Waals surface area contributed by atoms with E-state index in [1.807, 2.05) is 0 Å². The van der Waals surface area contributed by atoms with Crippen molar-refractivity contribution in [1.82, 2.24) is 0 Å². The lowest BCUT2D eigenvalue weighted by Gasteiger charge is -2.30. The molecule has 104 valence electrons. The number of fused-ring (bicyclic) bond motifs is 2. The molecule has 2 fully saturated rings. The topological polar surface area (TPSA) is 65.0 Å². The summed E-state index contributed by atoms with van der Waals surface area (Å²) in [6.07, 6.45) is 4.08. The number of ether oxygens (including phenoxy) is 3. The molecule has 2 aliphatic rings. The fourth-order valence-corrected chi connectivity index (χ4v) is 3.13. The molecule has 2 saturated heterocycles. The summed E-state index contributed by atoms with van der Waals surface area (Å²) >= 11 is 0. The minimum absolute atomic E-state index is 0.0843. The van der Waals surface area contributed by atoms with Crippen molar-refractivity contribution in [2.45, 2.75) is 44.3 Å². The third kappa shape index (κ3) is 2.68. The summed E-state index contributed by atoms with van der Waals surface area (Å²) in [5.74, 6) is -0.702.